The number of amides is 1. The summed E-state index contributed by atoms with van der Waals surface area (Å²) < 4.78 is 30.7. The standard InChI is InChI=1S/C22H20ClN3O4S/c1-30-18-9-10-24-21(14-18)19-13-16(5-8-20(19)23)25-22(27)15-3-6-17(7-4-15)26-11-2-12-31(26,28)29/h3-10,13-14H,2,11-12H2,1H3,(H,25,27). The third-order valence-corrected chi connectivity index (χ3v) is 7.18. The third kappa shape index (κ3) is 4.50. The van der Waals surface area contributed by atoms with Crippen LogP contribution in [0.15, 0.2) is 60.8 Å². The van der Waals surface area contributed by atoms with E-state index in [0.29, 0.717) is 51.9 Å². The van der Waals surface area contributed by atoms with Gasteiger partial charge < -0.3 is 10.1 Å². The number of sulfonamides is 1. The molecule has 0 spiro atoms. The first-order valence-electron chi connectivity index (χ1n) is 9.59. The van der Waals surface area contributed by atoms with E-state index in [2.05, 4.69) is 10.3 Å². The van der Waals surface area contributed by atoms with Crippen molar-refractivity contribution in [1.82, 2.24) is 4.98 Å². The van der Waals surface area contributed by atoms with Crippen molar-refractivity contribution in [3.8, 4) is 17.0 Å². The first kappa shape index (κ1) is 21.1. The number of pyridine rings is 1. The monoisotopic (exact) mass is 457 g/mol. The number of methoxy groups -OCH3 is 1. The second kappa shape index (κ2) is 8.56. The molecule has 0 atom stereocenters. The van der Waals surface area contributed by atoms with E-state index in [-0.39, 0.29) is 11.7 Å². The average Bonchev–Trinajstić information content (AvgIpc) is 3.14. The Kier molecular flexibility index (Phi) is 5.84. The molecule has 9 heteroatoms. The lowest BCUT2D eigenvalue weighted by atomic mass is 10.1. The lowest BCUT2D eigenvalue weighted by Gasteiger charge is -2.17. The van der Waals surface area contributed by atoms with Crippen LogP contribution in [0.2, 0.25) is 5.02 Å². The lowest BCUT2D eigenvalue weighted by Crippen LogP contribution is -2.25. The van der Waals surface area contributed by atoms with Gasteiger partial charge in [0.05, 0.1) is 29.3 Å². The minimum atomic E-state index is -3.26. The van der Waals surface area contributed by atoms with Gasteiger partial charge in [-0.1, -0.05) is 11.6 Å². The molecule has 160 valence electrons. The molecule has 0 bridgehead atoms. The molecule has 0 radical (unpaired) electrons. The van der Waals surface area contributed by atoms with Crippen molar-refractivity contribution in [2.45, 2.75) is 6.42 Å². The molecule has 1 aliphatic heterocycles. The van der Waals surface area contributed by atoms with Crippen LogP contribution in [0.3, 0.4) is 0 Å². The number of benzene rings is 2. The molecule has 1 aliphatic rings. The van der Waals surface area contributed by atoms with Crippen molar-refractivity contribution in [2.75, 3.05) is 29.0 Å². The molecule has 1 aromatic heterocycles. The molecule has 0 saturated carbocycles. The smallest absolute Gasteiger partial charge is 0.255 e. The SMILES string of the molecule is COc1ccnc(-c2cc(NC(=O)c3ccc(N4CCCS4(=O)=O)cc3)ccc2Cl)c1. The summed E-state index contributed by atoms with van der Waals surface area (Å²) in [4.78, 5) is 17.0. The van der Waals surface area contributed by atoms with Crippen molar-refractivity contribution >= 4 is 38.9 Å². The Bertz CT molecular complexity index is 1230. The van der Waals surface area contributed by atoms with E-state index in [1.54, 1.807) is 67.9 Å². The number of hydrogen-bond acceptors (Lipinski definition) is 5. The fourth-order valence-electron chi connectivity index (χ4n) is 3.40. The zero-order valence-electron chi connectivity index (χ0n) is 16.7. The van der Waals surface area contributed by atoms with Gasteiger partial charge in [-0.15, -0.1) is 0 Å². The second-order valence-electron chi connectivity index (χ2n) is 7.02. The zero-order chi connectivity index (χ0) is 22.0. The normalized spacial score (nSPS) is 15.0. The van der Waals surface area contributed by atoms with Crippen LogP contribution in [0.1, 0.15) is 16.8 Å². The van der Waals surface area contributed by atoms with E-state index < -0.39 is 10.0 Å². The Morgan fingerprint density at radius 3 is 2.58 bits per heavy atom. The van der Waals surface area contributed by atoms with Crippen LogP contribution in [0.5, 0.6) is 5.75 Å². The summed E-state index contributed by atoms with van der Waals surface area (Å²) in [6.07, 6.45) is 2.23. The van der Waals surface area contributed by atoms with Gasteiger partial charge in [0.2, 0.25) is 10.0 Å². The topological polar surface area (TPSA) is 88.6 Å². The van der Waals surface area contributed by atoms with Gasteiger partial charge >= 0.3 is 0 Å². The van der Waals surface area contributed by atoms with Gasteiger partial charge in [-0.05, 0) is 55.0 Å². The molecular weight excluding hydrogens is 438 g/mol. The Morgan fingerprint density at radius 1 is 1.13 bits per heavy atom. The Morgan fingerprint density at radius 2 is 1.90 bits per heavy atom. The maximum Gasteiger partial charge on any atom is 0.255 e. The maximum atomic E-state index is 12.7. The van der Waals surface area contributed by atoms with E-state index in [4.69, 9.17) is 16.3 Å². The predicted octanol–water partition coefficient (Wildman–Crippen LogP) is 4.20. The summed E-state index contributed by atoms with van der Waals surface area (Å²) in [6.45, 7) is 0.458. The highest BCUT2D eigenvalue weighted by Crippen LogP contribution is 2.31. The van der Waals surface area contributed by atoms with E-state index in [0.717, 1.165) is 0 Å². The second-order valence-corrected chi connectivity index (χ2v) is 9.44. The third-order valence-electron chi connectivity index (χ3n) is 4.98. The average molecular weight is 458 g/mol. The first-order valence-corrected chi connectivity index (χ1v) is 11.6. The van der Waals surface area contributed by atoms with E-state index in [9.17, 15) is 13.2 Å². The zero-order valence-corrected chi connectivity index (χ0v) is 18.3. The fraction of sp³-hybridized carbons (Fsp3) is 0.182. The molecule has 2 aromatic carbocycles. The molecule has 31 heavy (non-hydrogen) atoms. The molecular formula is C22H20ClN3O4S. The number of aromatic nitrogens is 1. The summed E-state index contributed by atoms with van der Waals surface area (Å²) in [7, 11) is -1.69. The summed E-state index contributed by atoms with van der Waals surface area (Å²) in [5.74, 6) is 0.481. The Balaban J connectivity index is 1.53. The van der Waals surface area contributed by atoms with Crippen LogP contribution in [-0.2, 0) is 10.0 Å². The van der Waals surface area contributed by atoms with E-state index in [1.165, 1.54) is 4.31 Å². The molecule has 3 aromatic rings. The van der Waals surface area contributed by atoms with Gasteiger partial charge in [0.15, 0.2) is 0 Å². The van der Waals surface area contributed by atoms with Crippen LogP contribution in [0.25, 0.3) is 11.3 Å². The summed E-state index contributed by atoms with van der Waals surface area (Å²) in [5, 5.41) is 3.34. The molecule has 1 amide bonds. The largest absolute Gasteiger partial charge is 0.497 e. The summed E-state index contributed by atoms with van der Waals surface area (Å²) in [5.41, 5.74) is 2.81. The van der Waals surface area contributed by atoms with Gasteiger partial charge in [-0.25, -0.2) is 8.42 Å². The molecule has 1 N–H and O–H groups in total. The van der Waals surface area contributed by atoms with Gasteiger partial charge in [-0.2, -0.15) is 0 Å². The minimum Gasteiger partial charge on any atom is -0.497 e. The highest BCUT2D eigenvalue weighted by molar-refractivity contribution is 7.93. The number of carbonyl (C=O) groups is 1. The van der Waals surface area contributed by atoms with Crippen molar-refractivity contribution in [3.05, 3.63) is 71.4 Å². The minimum absolute atomic E-state index is 0.149. The molecule has 4 rings (SSSR count). The maximum absolute atomic E-state index is 12.7. The number of ether oxygens (including phenoxy) is 1. The molecule has 1 saturated heterocycles. The summed E-state index contributed by atoms with van der Waals surface area (Å²) in [6, 6.07) is 15.1. The van der Waals surface area contributed by atoms with Crippen LogP contribution in [-0.4, -0.2) is 38.7 Å². The molecule has 2 heterocycles. The number of rotatable bonds is 5. The quantitative estimate of drug-likeness (QED) is 0.620. The fourth-order valence-corrected chi connectivity index (χ4v) is 5.18. The van der Waals surface area contributed by atoms with Crippen molar-refractivity contribution in [2.24, 2.45) is 0 Å². The van der Waals surface area contributed by atoms with Crippen molar-refractivity contribution in [3.63, 3.8) is 0 Å². The first-order chi connectivity index (χ1) is 14.9. The van der Waals surface area contributed by atoms with Crippen LogP contribution >= 0.6 is 11.6 Å². The van der Waals surface area contributed by atoms with Crippen LogP contribution < -0.4 is 14.4 Å². The number of hydrogen-bond donors (Lipinski definition) is 1. The van der Waals surface area contributed by atoms with Gasteiger partial charge in [0.25, 0.3) is 5.91 Å². The van der Waals surface area contributed by atoms with Crippen molar-refractivity contribution < 1.29 is 17.9 Å². The van der Waals surface area contributed by atoms with E-state index >= 15 is 0 Å². The highest BCUT2D eigenvalue weighted by Gasteiger charge is 2.28. The number of nitrogens with one attached hydrogen (secondary N) is 1. The number of halogens is 1. The lowest BCUT2D eigenvalue weighted by molar-refractivity contribution is 0.102. The molecule has 0 aliphatic carbocycles. The summed E-state index contributed by atoms with van der Waals surface area (Å²) >= 11 is 6.34. The van der Waals surface area contributed by atoms with Gasteiger partial charge in [-0.3, -0.25) is 14.1 Å². The van der Waals surface area contributed by atoms with Gasteiger partial charge in [0.1, 0.15) is 5.75 Å². The van der Waals surface area contributed by atoms with Crippen molar-refractivity contribution in [1.29, 1.82) is 0 Å². The van der Waals surface area contributed by atoms with E-state index in [1.807, 2.05) is 0 Å². The van der Waals surface area contributed by atoms with Crippen LogP contribution in [0.4, 0.5) is 11.4 Å². The number of carbonyl (C=O) groups excluding carboxylic acids is 1. The molecule has 1 fully saturated rings. The number of anilines is 2. The predicted molar refractivity (Wildman–Crippen MR) is 121 cm³/mol. The molecule has 0 unspecified atom stereocenters. The highest BCUT2D eigenvalue weighted by atomic mass is 35.5. The Hall–Kier alpha value is -3.10. The van der Waals surface area contributed by atoms with Gasteiger partial charge in [0, 0.05) is 35.6 Å². The number of nitrogens with zero attached hydrogens (tertiary/aromatic N) is 2. The van der Waals surface area contributed by atoms with Crippen LogP contribution in [0, 0.1) is 0 Å². The Labute approximate surface area is 185 Å². The molecule has 7 nitrogen and oxygen atoms in total.